The van der Waals surface area contributed by atoms with E-state index in [0.29, 0.717) is 12.5 Å². The van der Waals surface area contributed by atoms with Crippen LogP contribution in [0.3, 0.4) is 0 Å². The molecule has 1 aliphatic rings. The number of aliphatic imine (C=N–C) groups is 1. The number of nitrogens with one attached hydrogen (secondary N) is 3. The summed E-state index contributed by atoms with van der Waals surface area (Å²) in [5.74, 6) is 0.155. The monoisotopic (exact) mass is 326 g/mol. The van der Waals surface area contributed by atoms with Crippen LogP contribution in [-0.4, -0.2) is 79.4 Å². The largest absolute Gasteiger partial charge is 0.354 e. The number of likely N-dealkylation sites (N-methyl/N-ethyl adjacent to an activating group) is 1. The second-order valence-corrected chi connectivity index (χ2v) is 6.33. The highest BCUT2D eigenvalue weighted by molar-refractivity contribution is 6.02. The van der Waals surface area contributed by atoms with Crippen molar-refractivity contribution in [3.8, 4) is 0 Å². The van der Waals surface area contributed by atoms with Crippen LogP contribution in [0.5, 0.6) is 0 Å². The van der Waals surface area contributed by atoms with Gasteiger partial charge in [0.15, 0.2) is 5.96 Å². The molecule has 1 aliphatic heterocycles. The Balaban J connectivity index is 2.43. The number of hydrogen-bond donors (Lipinski definition) is 3. The molecule has 3 N–H and O–H groups in total. The van der Waals surface area contributed by atoms with E-state index in [1.165, 1.54) is 0 Å². The second-order valence-electron chi connectivity index (χ2n) is 6.33. The zero-order valence-corrected chi connectivity index (χ0v) is 14.4. The number of rotatable bonds is 5. The van der Waals surface area contributed by atoms with Crippen LogP contribution < -0.4 is 16.0 Å². The van der Waals surface area contributed by atoms with Crippen molar-refractivity contribution in [2.24, 2.45) is 4.99 Å². The zero-order chi connectivity index (χ0) is 17.6. The van der Waals surface area contributed by atoms with Crippen LogP contribution >= 0.6 is 0 Å². The number of urea groups is 1. The molecule has 0 aliphatic carbocycles. The van der Waals surface area contributed by atoms with Gasteiger partial charge in [-0.2, -0.15) is 0 Å². The van der Waals surface area contributed by atoms with Gasteiger partial charge in [-0.05, 0) is 20.8 Å². The molecule has 0 aromatic heterocycles. The number of imide groups is 1. The minimum absolute atomic E-state index is 0.0421. The van der Waals surface area contributed by atoms with Crippen LogP contribution in [0.15, 0.2) is 4.99 Å². The second kappa shape index (κ2) is 7.80. The van der Waals surface area contributed by atoms with E-state index in [4.69, 9.17) is 0 Å². The first-order valence-corrected chi connectivity index (χ1v) is 7.45. The van der Waals surface area contributed by atoms with Crippen LogP contribution in [0.4, 0.5) is 4.79 Å². The van der Waals surface area contributed by atoms with Crippen LogP contribution in [0.1, 0.15) is 20.8 Å². The lowest BCUT2D eigenvalue weighted by Gasteiger charge is -2.25. The fraction of sp³-hybridized carbons (Fsp3) is 0.714. The lowest BCUT2D eigenvalue weighted by Crippen LogP contribution is -2.49. The maximum absolute atomic E-state index is 11.9. The Kier molecular flexibility index (Phi) is 6.35. The highest BCUT2D eigenvalue weighted by atomic mass is 16.2. The SMILES string of the molecule is CN=C(NCCN1C(=O)CNC1=O)N(C)CC(=O)NC(C)(C)C. The molecule has 1 fully saturated rings. The lowest BCUT2D eigenvalue weighted by atomic mass is 10.1. The first-order valence-electron chi connectivity index (χ1n) is 7.45. The Morgan fingerprint density at radius 1 is 1.39 bits per heavy atom. The number of nitrogens with zero attached hydrogens (tertiary/aromatic N) is 3. The summed E-state index contributed by atoms with van der Waals surface area (Å²) in [7, 11) is 3.35. The topological polar surface area (TPSA) is 106 Å². The van der Waals surface area contributed by atoms with Crippen LogP contribution in [0.25, 0.3) is 0 Å². The molecule has 0 saturated carbocycles. The van der Waals surface area contributed by atoms with Crippen molar-refractivity contribution in [3.05, 3.63) is 0 Å². The summed E-state index contributed by atoms with van der Waals surface area (Å²) in [5.41, 5.74) is -0.293. The van der Waals surface area contributed by atoms with Crippen molar-refractivity contribution >= 4 is 23.8 Å². The molecule has 0 aromatic rings. The first-order chi connectivity index (χ1) is 10.6. The summed E-state index contributed by atoms with van der Waals surface area (Å²) in [5, 5.41) is 8.36. The minimum atomic E-state index is -0.385. The third kappa shape index (κ3) is 6.13. The number of carbonyl (C=O) groups excluding carboxylic acids is 3. The van der Waals surface area contributed by atoms with Gasteiger partial charge in [0.2, 0.25) is 11.8 Å². The van der Waals surface area contributed by atoms with E-state index in [0.717, 1.165) is 4.90 Å². The molecule has 1 saturated heterocycles. The predicted molar refractivity (Wildman–Crippen MR) is 87.0 cm³/mol. The Labute approximate surface area is 136 Å². The van der Waals surface area contributed by atoms with Gasteiger partial charge in [-0.25, -0.2) is 4.79 Å². The maximum atomic E-state index is 11.9. The van der Waals surface area contributed by atoms with E-state index >= 15 is 0 Å². The molecule has 23 heavy (non-hydrogen) atoms. The van der Waals surface area contributed by atoms with E-state index in [1.807, 2.05) is 20.8 Å². The molecule has 0 spiro atoms. The summed E-state index contributed by atoms with van der Waals surface area (Å²) in [4.78, 5) is 41.7. The molecule has 9 heteroatoms. The van der Waals surface area contributed by atoms with Crippen molar-refractivity contribution < 1.29 is 14.4 Å². The summed E-state index contributed by atoms with van der Waals surface area (Å²) in [6.07, 6.45) is 0. The maximum Gasteiger partial charge on any atom is 0.324 e. The standard InChI is InChI=1S/C14H26N6O3/c1-14(2,3)18-10(21)9-19(5)12(15-4)16-6-7-20-11(22)8-17-13(20)23/h6-9H2,1-5H3,(H,15,16)(H,17,23)(H,18,21). The summed E-state index contributed by atoms with van der Waals surface area (Å²) in [6, 6.07) is -0.385. The molecule has 1 heterocycles. The van der Waals surface area contributed by atoms with Crippen LogP contribution in [0, 0.1) is 0 Å². The van der Waals surface area contributed by atoms with Crippen LogP contribution in [0.2, 0.25) is 0 Å². The summed E-state index contributed by atoms with van der Waals surface area (Å²) < 4.78 is 0. The first kappa shape index (κ1) is 18.7. The van der Waals surface area contributed by atoms with Gasteiger partial charge in [-0.3, -0.25) is 19.5 Å². The smallest absolute Gasteiger partial charge is 0.324 e. The molecular weight excluding hydrogens is 300 g/mol. The molecule has 0 radical (unpaired) electrons. The molecule has 130 valence electrons. The minimum Gasteiger partial charge on any atom is -0.354 e. The van der Waals surface area contributed by atoms with Gasteiger partial charge in [0.1, 0.15) is 0 Å². The van der Waals surface area contributed by atoms with Gasteiger partial charge in [0, 0.05) is 32.7 Å². The highest BCUT2D eigenvalue weighted by Gasteiger charge is 2.27. The van der Waals surface area contributed by atoms with E-state index in [9.17, 15) is 14.4 Å². The lowest BCUT2D eigenvalue weighted by molar-refractivity contribution is -0.125. The molecule has 4 amide bonds. The van der Waals surface area contributed by atoms with Gasteiger partial charge in [0.05, 0.1) is 13.1 Å². The molecule has 9 nitrogen and oxygen atoms in total. The Morgan fingerprint density at radius 2 is 2.04 bits per heavy atom. The van der Waals surface area contributed by atoms with Gasteiger partial charge < -0.3 is 20.9 Å². The fourth-order valence-corrected chi connectivity index (χ4v) is 2.09. The van der Waals surface area contributed by atoms with E-state index in [2.05, 4.69) is 20.9 Å². The van der Waals surface area contributed by atoms with E-state index in [-0.39, 0.29) is 43.0 Å². The fourth-order valence-electron chi connectivity index (χ4n) is 2.09. The Morgan fingerprint density at radius 3 is 2.52 bits per heavy atom. The van der Waals surface area contributed by atoms with Crippen molar-refractivity contribution in [1.29, 1.82) is 0 Å². The molecule has 0 atom stereocenters. The van der Waals surface area contributed by atoms with E-state index < -0.39 is 0 Å². The highest BCUT2D eigenvalue weighted by Crippen LogP contribution is 1.99. The zero-order valence-electron chi connectivity index (χ0n) is 14.4. The van der Waals surface area contributed by atoms with Crippen molar-refractivity contribution in [2.45, 2.75) is 26.3 Å². The third-order valence-electron chi connectivity index (χ3n) is 3.02. The van der Waals surface area contributed by atoms with Crippen LogP contribution in [-0.2, 0) is 9.59 Å². The summed E-state index contributed by atoms with van der Waals surface area (Å²) in [6.45, 7) is 6.53. The van der Waals surface area contributed by atoms with E-state index in [1.54, 1.807) is 19.0 Å². The molecule has 0 aromatic carbocycles. The quantitative estimate of drug-likeness (QED) is 0.340. The van der Waals surface area contributed by atoms with Gasteiger partial charge in [-0.1, -0.05) is 0 Å². The average Bonchev–Trinajstić information content (AvgIpc) is 2.72. The number of hydrogen-bond acceptors (Lipinski definition) is 4. The number of carbonyl (C=O) groups is 3. The van der Waals surface area contributed by atoms with Crippen molar-refractivity contribution in [2.75, 3.05) is 40.3 Å². The molecular formula is C14H26N6O3. The molecule has 0 unspecified atom stereocenters. The third-order valence-corrected chi connectivity index (χ3v) is 3.02. The number of guanidine groups is 1. The normalized spacial score (nSPS) is 15.5. The number of amides is 4. The van der Waals surface area contributed by atoms with Crippen molar-refractivity contribution in [1.82, 2.24) is 25.8 Å². The predicted octanol–water partition coefficient (Wildman–Crippen LogP) is -1.04. The van der Waals surface area contributed by atoms with Gasteiger partial charge in [-0.15, -0.1) is 0 Å². The average molecular weight is 326 g/mol. The van der Waals surface area contributed by atoms with Gasteiger partial charge in [0.25, 0.3) is 0 Å². The molecule has 0 bridgehead atoms. The summed E-state index contributed by atoms with van der Waals surface area (Å²) >= 11 is 0. The molecule has 1 rings (SSSR count). The Bertz CT molecular complexity index is 481. The van der Waals surface area contributed by atoms with Gasteiger partial charge >= 0.3 is 6.03 Å². The van der Waals surface area contributed by atoms with Crippen molar-refractivity contribution in [3.63, 3.8) is 0 Å². The Hall–Kier alpha value is -2.32.